The van der Waals surface area contributed by atoms with Crippen molar-refractivity contribution >= 4 is 0 Å². The summed E-state index contributed by atoms with van der Waals surface area (Å²) in [5.41, 5.74) is 8.01. The van der Waals surface area contributed by atoms with E-state index in [0.29, 0.717) is 13.2 Å². The Morgan fingerprint density at radius 2 is 2.28 bits per heavy atom. The fourth-order valence-corrected chi connectivity index (χ4v) is 1.95. The summed E-state index contributed by atoms with van der Waals surface area (Å²) in [6, 6.07) is 6.27. The second-order valence-electron chi connectivity index (χ2n) is 4.15. The second kappa shape index (κ2) is 6.21. The molecule has 0 saturated carbocycles. The Morgan fingerprint density at radius 3 is 2.94 bits per heavy atom. The monoisotopic (exact) mass is 245 g/mol. The molecule has 0 aliphatic heterocycles. The molecule has 0 saturated heterocycles. The highest BCUT2D eigenvalue weighted by Gasteiger charge is 2.05. The average molecular weight is 245 g/mol. The Kier molecular flexibility index (Phi) is 4.36. The van der Waals surface area contributed by atoms with Crippen molar-refractivity contribution < 1.29 is 4.74 Å². The van der Waals surface area contributed by atoms with Gasteiger partial charge in [0.05, 0.1) is 19.5 Å². The van der Waals surface area contributed by atoms with E-state index in [-0.39, 0.29) is 0 Å². The zero-order valence-corrected chi connectivity index (χ0v) is 10.7. The molecule has 1 aromatic carbocycles. The maximum absolute atomic E-state index is 5.65. The van der Waals surface area contributed by atoms with Gasteiger partial charge < -0.3 is 15.0 Å². The lowest BCUT2D eigenvalue weighted by Crippen LogP contribution is -2.06. The summed E-state index contributed by atoms with van der Waals surface area (Å²) in [4.78, 5) is 4.05. The zero-order valence-electron chi connectivity index (χ0n) is 10.7. The SMILES string of the molecule is CCOc1ccc(CCN)cc1Cn1ccnc1. The number of nitrogens with two attached hydrogens (primary N) is 1. The van der Waals surface area contributed by atoms with Crippen molar-refractivity contribution in [1.82, 2.24) is 9.55 Å². The molecule has 1 aromatic heterocycles. The van der Waals surface area contributed by atoms with Crippen molar-refractivity contribution in [2.75, 3.05) is 13.2 Å². The van der Waals surface area contributed by atoms with E-state index in [9.17, 15) is 0 Å². The Morgan fingerprint density at radius 1 is 1.39 bits per heavy atom. The van der Waals surface area contributed by atoms with Crippen LogP contribution in [0.1, 0.15) is 18.1 Å². The van der Waals surface area contributed by atoms with Gasteiger partial charge in [0.2, 0.25) is 0 Å². The third-order valence-corrected chi connectivity index (χ3v) is 2.77. The normalized spacial score (nSPS) is 10.6. The van der Waals surface area contributed by atoms with Crippen LogP contribution < -0.4 is 10.5 Å². The standard InChI is InChI=1S/C14H19N3O/c1-2-18-14-4-3-12(5-6-15)9-13(14)10-17-8-7-16-11-17/h3-4,7-9,11H,2,5-6,10,15H2,1H3. The molecule has 0 aliphatic carbocycles. The largest absolute Gasteiger partial charge is 0.494 e. The van der Waals surface area contributed by atoms with Crippen LogP contribution in [-0.4, -0.2) is 22.7 Å². The van der Waals surface area contributed by atoms with Crippen molar-refractivity contribution in [3.05, 3.63) is 48.0 Å². The third kappa shape index (κ3) is 3.11. The number of rotatable bonds is 6. The number of hydrogen-bond donors (Lipinski definition) is 1. The van der Waals surface area contributed by atoms with Gasteiger partial charge in [0.15, 0.2) is 0 Å². The zero-order chi connectivity index (χ0) is 12.8. The van der Waals surface area contributed by atoms with Crippen LogP contribution in [0.25, 0.3) is 0 Å². The number of imidazole rings is 1. The predicted molar refractivity (Wildman–Crippen MR) is 71.7 cm³/mol. The summed E-state index contributed by atoms with van der Waals surface area (Å²) in [6.07, 6.45) is 6.43. The number of hydrogen-bond acceptors (Lipinski definition) is 3. The van der Waals surface area contributed by atoms with Crippen LogP contribution >= 0.6 is 0 Å². The van der Waals surface area contributed by atoms with Crippen LogP contribution in [0, 0.1) is 0 Å². The predicted octanol–water partition coefficient (Wildman–Crippen LogP) is 1.83. The van der Waals surface area contributed by atoms with Gasteiger partial charge in [0.1, 0.15) is 5.75 Å². The van der Waals surface area contributed by atoms with Crippen LogP contribution in [0.5, 0.6) is 5.75 Å². The van der Waals surface area contributed by atoms with E-state index in [1.807, 2.05) is 30.1 Å². The molecule has 0 radical (unpaired) electrons. The second-order valence-corrected chi connectivity index (χ2v) is 4.15. The molecule has 0 atom stereocenters. The Hall–Kier alpha value is -1.81. The first-order chi connectivity index (χ1) is 8.83. The molecule has 0 fully saturated rings. The van der Waals surface area contributed by atoms with E-state index in [1.54, 1.807) is 6.20 Å². The molecule has 0 spiro atoms. The van der Waals surface area contributed by atoms with Gasteiger partial charge in [0, 0.05) is 18.0 Å². The fourth-order valence-electron chi connectivity index (χ4n) is 1.95. The number of ether oxygens (including phenoxy) is 1. The summed E-state index contributed by atoms with van der Waals surface area (Å²) in [7, 11) is 0. The maximum atomic E-state index is 5.65. The number of aromatic nitrogens is 2. The lowest BCUT2D eigenvalue weighted by atomic mass is 10.1. The van der Waals surface area contributed by atoms with Crippen LogP contribution in [0.15, 0.2) is 36.9 Å². The highest BCUT2D eigenvalue weighted by molar-refractivity contribution is 5.37. The van der Waals surface area contributed by atoms with Crippen LogP contribution in [0.2, 0.25) is 0 Å². The molecule has 0 unspecified atom stereocenters. The smallest absolute Gasteiger partial charge is 0.124 e. The fraction of sp³-hybridized carbons (Fsp3) is 0.357. The van der Waals surface area contributed by atoms with Crippen molar-refractivity contribution in [3.63, 3.8) is 0 Å². The van der Waals surface area contributed by atoms with E-state index >= 15 is 0 Å². The molecule has 0 bridgehead atoms. The minimum atomic E-state index is 0.665. The number of nitrogens with zero attached hydrogens (tertiary/aromatic N) is 2. The molecule has 4 heteroatoms. The summed E-state index contributed by atoms with van der Waals surface area (Å²) in [5.74, 6) is 0.937. The summed E-state index contributed by atoms with van der Waals surface area (Å²) >= 11 is 0. The first-order valence-corrected chi connectivity index (χ1v) is 6.24. The van der Waals surface area contributed by atoms with Crippen LogP contribution in [0.4, 0.5) is 0 Å². The highest BCUT2D eigenvalue weighted by atomic mass is 16.5. The van der Waals surface area contributed by atoms with E-state index in [0.717, 1.165) is 18.7 Å². The van der Waals surface area contributed by atoms with E-state index in [1.165, 1.54) is 11.1 Å². The van der Waals surface area contributed by atoms with Gasteiger partial charge in [-0.25, -0.2) is 4.98 Å². The lowest BCUT2D eigenvalue weighted by Gasteiger charge is -2.12. The molecule has 2 rings (SSSR count). The maximum Gasteiger partial charge on any atom is 0.124 e. The highest BCUT2D eigenvalue weighted by Crippen LogP contribution is 2.21. The molecule has 18 heavy (non-hydrogen) atoms. The topological polar surface area (TPSA) is 53.1 Å². The van der Waals surface area contributed by atoms with Crippen molar-refractivity contribution in [1.29, 1.82) is 0 Å². The molecule has 0 aliphatic rings. The first kappa shape index (κ1) is 12.6. The average Bonchev–Trinajstić information content (AvgIpc) is 2.86. The third-order valence-electron chi connectivity index (χ3n) is 2.77. The number of benzene rings is 1. The van der Waals surface area contributed by atoms with Crippen molar-refractivity contribution in [2.24, 2.45) is 5.73 Å². The molecule has 2 aromatic rings. The minimum absolute atomic E-state index is 0.665. The van der Waals surface area contributed by atoms with Gasteiger partial charge in [-0.3, -0.25) is 0 Å². The van der Waals surface area contributed by atoms with E-state index in [4.69, 9.17) is 10.5 Å². The molecule has 0 amide bonds. The van der Waals surface area contributed by atoms with Crippen molar-refractivity contribution in [2.45, 2.75) is 19.9 Å². The van der Waals surface area contributed by atoms with E-state index < -0.39 is 0 Å². The molecule has 1 heterocycles. The molecular formula is C14H19N3O. The molecule has 96 valence electrons. The first-order valence-electron chi connectivity index (χ1n) is 6.24. The Bertz CT molecular complexity index is 480. The Balaban J connectivity index is 2.25. The molecule has 2 N–H and O–H groups in total. The van der Waals surface area contributed by atoms with Gasteiger partial charge in [-0.05, 0) is 31.5 Å². The summed E-state index contributed by atoms with van der Waals surface area (Å²) < 4.78 is 7.69. The van der Waals surface area contributed by atoms with Crippen molar-refractivity contribution in [3.8, 4) is 5.75 Å². The molecule has 4 nitrogen and oxygen atoms in total. The lowest BCUT2D eigenvalue weighted by molar-refractivity contribution is 0.335. The van der Waals surface area contributed by atoms with E-state index in [2.05, 4.69) is 17.1 Å². The Labute approximate surface area is 107 Å². The van der Waals surface area contributed by atoms with Crippen LogP contribution in [0.3, 0.4) is 0 Å². The van der Waals surface area contributed by atoms with Gasteiger partial charge >= 0.3 is 0 Å². The van der Waals surface area contributed by atoms with Crippen LogP contribution in [-0.2, 0) is 13.0 Å². The van der Waals surface area contributed by atoms with Gasteiger partial charge in [-0.1, -0.05) is 12.1 Å². The summed E-state index contributed by atoms with van der Waals surface area (Å²) in [6.45, 7) is 4.11. The van der Waals surface area contributed by atoms with Gasteiger partial charge in [-0.15, -0.1) is 0 Å². The minimum Gasteiger partial charge on any atom is -0.494 e. The quantitative estimate of drug-likeness (QED) is 0.844. The summed E-state index contributed by atoms with van der Waals surface area (Å²) in [5, 5.41) is 0. The van der Waals surface area contributed by atoms with Gasteiger partial charge in [-0.2, -0.15) is 0 Å². The molecular weight excluding hydrogens is 226 g/mol. The van der Waals surface area contributed by atoms with Gasteiger partial charge in [0.25, 0.3) is 0 Å².